The van der Waals surface area contributed by atoms with Gasteiger partial charge in [-0.25, -0.2) is 0 Å². The summed E-state index contributed by atoms with van der Waals surface area (Å²) in [5.41, 5.74) is 4.87. The normalized spacial score (nSPS) is 14.0. The number of fused-ring (bicyclic) bond motifs is 2. The number of benzene rings is 3. The van der Waals surface area contributed by atoms with Gasteiger partial charge in [-0.1, -0.05) is 12.1 Å². The average molecular weight is 473 g/mol. The van der Waals surface area contributed by atoms with Gasteiger partial charge in [0.2, 0.25) is 5.91 Å². The summed E-state index contributed by atoms with van der Waals surface area (Å²) in [5.74, 6) is 0.0858. The maximum atomic E-state index is 12.9. The van der Waals surface area contributed by atoms with Gasteiger partial charge in [-0.3, -0.25) is 19.7 Å². The SMILES string of the molecule is COc1cc(-c2ccc3c(c2)Nc2ccc(CCC(=O)N4CCC4)cc2NC3=O)ccc1[N+](=O)[O-]. The summed E-state index contributed by atoms with van der Waals surface area (Å²) in [6.45, 7) is 1.69. The van der Waals surface area contributed by atoms with Crippen LogP contribution in [0.4, 0.5) is 22.7 Å². The maximum Gasteiger partial charge on any atom is 0.310 e. The van der Waals surface area contributed by atoms with Crippen LogP contribution in [0.15, 0.2) is 54.6 Å². The Balaban J connectivity index is 1.40. The Morgan fingerprint density at radius 3 is 2.49 bits per heavy atom. The van der Waals surface area contributed by atoms with Crippen LogP contribution < -0.4 is 15.4 Å². The fraction of sp³-hybridized carbons (Fsp3) is 0.231. The lowest BCUT2D eigenvalue weighted by molar-refractivity contribution is -0.385. The highest BCUT2D eigenvalue weighted by molar-refractivity contribution is 6.12. The number of anilines is 3. The van der Waals surface area contributed by atoms with E-state index in [0.717, 1.165) is 41.9 Å². The monoisotopic (exact) mass is 472 g/mol. The van der Waals surface area contributed by atoms with Crippen molar-refractivity contribution in [1.82, 2.24) is 4.90 Å². The first-order valence-corrected chi connectivity index (χ1v) is 11.4. The number of hydrogen-bond donors (Lipinski definition) is 2. The molecule has 0 unspecified atom stereocenters. The highest BCUT2D eigenvalue weighted by Crippen LogP contribution is 2.37. The number of amides is 2. The fourth-order valence-electron chi connectivity index (χ4n) is 4.30. The van der Waals surface area contributed by atoms with E-state index in [1.807, 2.05) is 29.2 Å². The number of carbonyl (C=O) groups excluding carboxylic acids is 2. The number of aryl methyl sites for hydroxylation is 1. The van der Waals surface area contributed by atoms with Crippen LogP contribution in [0.1, 0.15) is 28.8 Å². The van der Waals surface area contributed by atoms with E-state index < -0.39 is 4.92 Å². The summed E-state index contributed by atoms with van der Waals surface area (Å²) in [5, 5.41) is 17.5. The molecule has 0 bridgehead atoms. The van der Waals surface area contributed by atoms with E-state index in [2.05, 4.69) is 10.6 Å². The molecule has 0 aliphatic carbocycles. The summed E-state index contributed by atoms with van der Waals surface area (Å²) in [4.78, 5) is 37.7. The van der Waals surface area contributed by atoms with Crippen LogP contribution in [-0.4, -0.2) is 41.8 Å². The highest BCUT2D eigenvalue weighted by Gasteiger charge is 2.22. The molecule has 0 aromatic heterocycles. The minimum Gasteiger partial charge on any atom is -0.490 e. The Morgan fingerprint density at radius 2 is 1.77 bits per heavy atom. The average Bonchev–Trinajstić information content (AvgIpc) is 2.95. The largest absolute Gasteiger partial charge is 0.490 e. The molecule has 2 aliphatic rings. The quantitative estimate of drug-likeness (QED) is 0.396. The second kappa shape index (κ2) is 9.09. The van der Waals surface area contributed by atoms with Crippen molar-refractivity contribution in [2.24, 2.45) is 0 Å². The number of likely N-dealkylation sites (tertiary alicyclic amines) is 1. The van der Waals surface area contributed by atoms with E-state index in [4.69, 9.17) is 4.74 Å². The van der Waals surface area contributed by atoms with Crippen molar-refractivity contribution in [3.63, 3.8) is 0 Å². The molecular formula is C26H24N4O5. The Kier molecular flexibility index (Phi) is 5.82. The molecular weight excluding hydrogens is 448 g/mol. The number of ether oxygens (including phenoxy) is 1. The topological polar surface area (TPSA) is 114 Å². The number of methoxy groups -OCH3 is 1. The van der Waals surface area contributed by atoms with Crippen LogP contribution in [0.5, 0.6) is 5.75 Å². The van der Waals surface area contributed by atoms with Crippen molar-refractivity contribution in [3.05, 3.63) is 75.8 Å². The Bertz CT molecular complexity index is 1350. The Labute approximate surface area is 201 Å². The van der Waals surface area contributed by atoms with Crippen LogP contribution in [-0.2, 0) is 11.2 Å². The Hall–Kier alpha value is -4.40. The number of nitro benzene ring substituents is 1. The van der Waals surface area contributed by atoms with Crippen molar-refractivity contribution in [1.29, 1.82) is 0 Å². The van der Waals surface area contributed by atoms with Crippen molar-refractivity contribution in [2.45, 2.75) is 19.3 Å². The van der Waals surface area contributed by atoms with Crippen molar-refractivity contribution < 1.29 is 19.2 Å². The lowest BCUT2D eigenvalue weighted by Gasteiger charge is -2.30. The number of carbonyl (C=O) groups is 2. The second-order valence-electron chi connectivity index (χ2n) is 8.60. The van der Waals surface area contributed by atoms with E-state index in [0.29, 0.717) is 29.8 Å². The summed E-state index contributed by atoms with van der Waals surface area (Å²) >= 11 is 0. The van der Waals surface area contributed by atoms with Gasteiger partial charge in [-0.05, 0) is 65.9 Å². The lowest BCUT2D eigenvalue weighted by Crippen LogP contribution is -2.42. The molecule has 1 saturated heterocycles. The van der Waals surface area contributed by atoms with E-state index in [9.17, 15) is 19.7 Å². The van der Waals surface area contributed by atoms with Crippen LogP contribution in [0.2, 0.25) is 0 Å². The third-order valence-corrected chi connectivity index (χ3v) is 6.41. The second-order valence-corrected chi connectivity index (χ2v) is 8.60. The summed E-state index contributed by atoms with van der Waals surface area (Å²) in [7, 11) is 1.39. The van der Waals surface area contributed by atoms with Crippen LogP contribution in [0, 0.1) is 10.1 Å². The first-order valence-electron chi connectivity index (χ1n) is 11.4. The smallest absolute Gasteiger partial charge is 0.310 e. The lowest BCUT2D eigenvalue weighted by atomic mass is 10.0. The zero-order valence-corrected chi connectivity index (χ0v) is 19.2. The van der Waals surface area contributed by atoms with E-state index in [-0.39, 0.29) is 23.3 Å². The molecule has 2 amide bonds. The molecule has 3 aromatic rings. The van der Waals surface area contributed by atoms with Crippen LogP contribution >= 0.6 is 0 Å². The van der Waals surface area contributed by atoms with Crippen molar-refractivity contribution >= 4 is 34.6 Å². The molecule has 2 heterocycles. The maximum absolute atomic E-state index is 12.9. The summed E-state index contributed by atoms with van der Waals surface area (Å²) in [6, 6.07) is 15.8. The van der Waals surface area contributed by atoms with Crippen LogP contribution in [0.3, 0.4) is 0 Å². The van der Waals surface area contributed by atoms with Gasteiger partial charge in [0, 0.05) is 25.6 Å². The van der Waals surface area contributed by atoms with Gasteiger partial charge in [-0.15, -0.1) is 0 Å². The standard InChI is InChI=1S/C26H24N4O5/c1-35-24-15-18(6-9-23(24)30(33)34)17-5-7-19-21(14-17)27-20-8-3-16(13-22(20)28-26(19)32)4-10-25(31)29-11-2-12-29/h3,5-9,13-15,27H,2,4,10-12H2,1H3,(H,28,32). The molecule has 1 fully saturated rings. The minimum absolute atomic E-state index is 0.111. The predicted molar refractivity (Wildman–Crippen MR) is 132 cm³/mol. The number of nitrogens with one attached hydrogen (secondary N) is 2. The van der Waals surface area contributed by atoms with E-state index in [1.54, 1.807) is 24.3 Å². The highest BCUT2D eigenvalue weighted by atomic mass is 16.6. The molecule has 0 atom stereocenters. The summed E-state index contributed by atoms with van der Waals surface area (Å²) in [6.07, 6.45) is 2.13. The van der Waals surface area contributed by atoms with Crippen LogP contribution in [0.25, 0.3) is 11.1 Å². The van der Waals surface area contributed by atoms with Gasteiger partial charge in [-0.2, -0.15) is 0 Å². The zero-order chi connectivity index (χ0) is 24.5. The van der Waals surface area contributed by atoms with Gasteiger partial charge in [0.1, 0.15) is 0 Å². The van der Waals surface area contributed by atoms with E-state index in [1.165, 1.54) is 13.2 Å². The van der Waals surface area contributed by atoms with Crippen molar-refractivity contribution in [3.8, 4) is 16.9 Å². The molecule has 9 heteroatoms. The number of nitrogens with zero attached hydrogens (tertiary/aromatic N) is 2. The first kappa shape index (κ1) is 22.4. The molecule has 2 aliphatic heterocycles. The number of hydrogen-bond acceptors (Lipinski definition) is 6. The molecule has 0 spiro atoms. The number of rotatable bonds is 6. The number of nitro groups is 1. The molecule has 0 saturated carbocycles. The third kappa shape index (κ3) is 4.40. The minimum atomic E-state index is -0.488. The van der Waals surface area contributed by atoms with Gasteiger partial charge in [0.15, 0.2) is 5.75 Å². The third-order valence-electron chi connectivity index (χ3n) is 6.41. The molecule has 178 valence electrons. The van der Waals surface area contributed by atoms with Gasteiger partial charge >= 0.3 is 5.69 Å². The Morgan fingerprint density at radius 1 is 1.00 bits per heavy atom. The molecule has 0 radical (unpaired) electrons. The molecule has 2 N–H and O–H groups in total. The van der Waals surface area contributed by atoms with Crippen molar-refractivity contribution in [2.75, 3.05) is 30.8 Å². The first-order chi connectivity index (χ1) is 16.9. The molecule has 5 rings (SSSR count). The molecule has 3 aromatic carbocycles. The molecule has 35 heavy (non-hydrogen) atoms. The zero-order valence-electron chi connectivity index (χ0n) is 19.2. The van der Waals surface area contributed by atoms with E-state index >= 15 is 0 Å². The van der Waals surface area contributed by atoms with Gasteiger partial charge in [0.25, 0.3) is 5.91 Å². The van der Waals surface area contributed by atoms with Gasteiger partial charge in [0.05, 0.1) is 34.7 Å². The summed E-state index contributed by atoms with van der Waals surface area (Å²) < 4.78 is 5.19. The fourth-order valence-corrected chi connectivity index (χ4v) is 4.30. The molecule has 9 nitrogen and oxygen atoms in total. The van der Waals surface area contributed by atoms with Gasteiger partial charge < -0.3 is 20.3 Å². The predicted octanol–water partition coefficient (Wildman–Crippen LogP) is 4.74.